The van der Waals surface area contributed by atoms with Gasteiger partial charge >= 0.3 is 5.97 Å². The number of aliphatic carboxylic acids is 1. The van der Waals surface area contributed by atoms with Crippen molar-refractivity contribution in [3.63, 3.8) is 0 Å². The number of hydrogen-bond acceptors (Lipinski definition) is 4. The molecule has 0 aliphatic heterocycles. The summed E-state index contributed by atoms with van der Waals surface area (Å²) in [7, 11) is 0. The van der Waals surface area contributed by atoms with Crippen molar-refractivity contribution in [2.24, 2.45) is 11.7 Å². The summed E-state index contributed by atoms with van der Waals surface area (Å²) < 4.78 is 0. The van der Waals surface area contributed by atoms with Gasteiger partial charge in [0.05, 0.1) is 12.1 Å². The Morgan fingerprint density at radius 1 is 1.41 bits per heavy atom. The second-order valence-corrected chi connectivity index (χ2v) is 4.35. The Labute approximate surface area is 101 Å². The largest absolute Gasteiger partial charge is 0.481 e. The van der Waals surface area contributed by atoms with E-state index in [9.17, 15) is 14.4 Å². The van der Waals surface area contributed by atoms with Crippen LogP contribution in [0.1, 0.15) is 33.1 Å². The number of nitrogens with one attached hydrogen (secondary N) is 1. The normalized spacial score (nSPS) is 14.1. The topological polar surface area (TPSA) is 109 Å². The van der Waals surface area contributed by atoms with E-state index in [1.54, 1.807) is 6.29 Å². The van der Waals surface area contributed by atoms with Crippen LogP contribution in [0.3, 0.4) is 0 Å². The minimum absolute atomic E-state index is 0.0268. The monoisotopic (exact) mass is 243 g/mol. The molecule has 4 N–H and O–H groups in total. The minimum Gasteiger partial charge on any atom is -0.481 e. The Hall–Kier alpha value is -1.43. The summed E-state index contributed by atoms with van der Waals surface area (Å²) in [5, 5.41) is 10.8. The Bertz CT molecular complexity index is 279. The molecule has 0 rings (SSSR count). The molecule has 0 aromatic rings. The molecule has 0 saturated carbocycles. The third kappa shape index (κ3) is 7.46. The van der Waals surface area contributed by atoms with Crippen molar-refractivity contribution >= 4 is 18.2 Å². The highest BCUT2D eigenvalue weighted by Crippen LogP contribution is 2.03. The van der Waals surface area contributed by atoms with Crippen LogP contribution < -0.4 is 11.1 Å². The number of carboxylic acid groups (broad SMARTS) is 1. The zero-order chi connectivity index (χ0) is 13.4. The first-order valence-corrected chi connectivity index (χ1v) is 5.52. The van der Waals surface area contributed by atoms with Crippen LogP contribution in [0, 0.1) is 5.92 Å². The van der Waals surface area contributed by atoms with E-state index in [0.29, 0.717) is 6.42 Å². The van der Waals surface area contributed by atoms with Gasteiger partial charge < -0.3 is 16.2 Å². The lowest BCUT2D eigenvalue weighted by Gasteiger charge is -2.16. The molecule has 2 atom stereocenters. The zero-order valence-corrected chi connectivity index (χ0v) is 10.1. The highest BCUT2D eigenvalue weighted by atomic mass is 16.4. The van der Waals surface area contributed by atoms with Gasteiger partial charge in [0, 0.05) is 6.42 Å². The third-order valence-electron chi connectivity index (χ3n) is 2.17. The van der Waals surface area contributed by atoms with E-state index in [1.165, 1.54) is 0 Å². The van der Waals surface area contributed by atoms with Gasteiger partial charge in [-0.25, -0.2) is 0 Å². The van der Waals surface area contributed by atoms with Gasteiger partial charge in [-0.1, -0.05) is 13.8 Å². The van der Waals surface area contributed by atoms with E-state index in [2.05, 4.69) is 5.32 Å². The predicted octanol–water partition coefficient (Wildman–Crippen LogP) is -0.181. The summed E-state index contributed by atoms with van der Waals surface area (Å²) in [5.74, 6) is -1.20. The van der Waals surface area contributed by atoms with Gasteiger partial charge in [0.25, 0.3) is 0 Å². The molecule has 0 aliphatic rings. The SMILES string of the molecule is CC(C)C[C@H](N)C(=O)N[C@H]([C]=O)CCC(=O)O. The lowest BCUT2D eigenvalue weighted by Crippen LogP contribution is -2.46. The summed E-state index contributed by atoms with van der Waals surface area (Å²) in [6.07, 6.45) is 1.94. The molecule has 1 amide bonds. The smallest absolute Gasteiger partial charge is 0.303 e. The van der Waals surface area contributed by atoms with Gasteiger partial charge in [-0.05, 0) is 18.8 Å². The second-order valence-electron chi connectivity index (χ2n) is 4.35. The van der Waals surface area contributed by atoms with Crippen molar-refractivity contribution in [1.29, 1.82) is 0 Å². The van der Waals surface area contributed by atoms with Gasteiger partial charge in [-0.3, -0.25) is 14.4 Å². The predicted molar refractivity (Wildman–Crippen MR) is 61.9 cm³/mol. The van der Waals surface area contributed by atoms with Crippen LogP contribution in [-0.4, -0.2) is 35.4 Å². The van der Waals surface area contributed by atoms with Gasteiger partial charge in [0.15, 0.2) is 0 Å². The standard InChI is InChI=1S/C11H19N2O4/c1-7(2)5-9(12)11(17)13-8(6-14)3-4-10(15)16/h7-9H,3-5,12H2,1-2H3,(H,13,17)(H,15,16)/t8-,9-/m0/s1. The molecule has 0 saturated heterocycles. The first kappa shape index (κ1) is 15.6. The van der Waals surface area contributed by atoms with Crippen LogP contribution in [0.4, 0.5) is 0 Å². The number of nitrogens with two attached hydrogens (primary N) is 1. The van der Waals surface area contributed by atoms with Crippen molar-refractivity contribution in [2.75, 3.05) is 0 Å². The zero-order valence-electron chi connectivity index (χ0n) is 10.1. The molecule has 1 radical (unpaired) electrons. The average molecular weight is 243 g/mol. The second kappa shape index (κ2) is 7.78. The number of carbonyl (C=O) groups excluding carboxylic acids is 2. The molecule has 97 valence electrons. The molecule has 0 aliphatic carbocycles. The van der Waals surface area contributed by atoms with Crippen molar-refractivity contribution in [3.8, 4) is 0 Å². The molecule has 0 aromatic heterocycles. The van der Waals surface area contributed by atoms with Crippen LogP contribution in [0.15, 0.2) is 0 Å². The Kier molecular flexibility index (Phi) is 7.13. The highest BCUT2D eigenvalue weighted by Gasteiger charge is 2.19. The van der Waals surface area contributed by atoms with Crippen molar-refractivity contribution in [1.82, 2.24) is 5.32 Å². The Balaban J connectivity index is 4.13. The van der Waals surface area contributed by atoms with Crippen LogP contribution in [0.25, 0.3) is 0 Å². The van der Waals surface area contributed by atoms with Gasteiger partial charge in [-0.15, -0.1) is 0 Å². The summed E-state index contributed by atoms with van der Waals surface area (Å²) in [6, 6.07) is -1.59. The fourth-order valence-corrected chi connectivity index (χ4v) is 1.32. The number of amides is 1. The summed E-state index contributed by atoms with van der Waals surface area (Å²) in [6.45, 7) is 3.86. The van der Waals surface area contributed by atoms with Crippen molar-refractivity contribution in [2.45, 2.75) is 45.2 Å². The molecular formula is C11H19N2O4. The van der Waals surface area contributed by atoms with Crippen molar-refractivity contribution in [3.05, 3.63) is 0 Å². The Morgan fingerprint density at radius 2 is 2.00 bits per heavy atom. The van der Waals surface area contributed by atoms with Crippen molar-refractivity contribution < 1.29 is 19.5 Å². The van der Waals surface area contributed by atoms with E-state index in [0.717, 1.165) is 0 Å². The number of rotatable bonds is 8. The fraction of sp³-hybridized carbons (Fsp3) is 0.727. The van der Waals surface area contributed by atoms with Crippen LogP contribution in [0.5, 0.6) is 0 Å². The van der Waals surface area contributed by atoms with E-state index in [4.69, 9.17) is 10.8 Å². The first-order chi connectivity index (χ1) is 7.86. The van der Waals surface area contributed by atoms with E-state index >= 15 is 0 Å². The molecule has 0 bridgehead atoms. The molecule has 0 aromatic carbocycles. The first-order valence-electron chi connectivity index (χ1n) is 5.52. The summed E-state index contributed by atoms with van der Waals surface area (Å²) in [4.78, 5) is 32.4. The molecule has 17 heavy (non-hydrogen) atoms. The van der Waals surface area contributed by atoms with E-state index < -0.39 is 24.0 Å². The molecule has 6 nitrogen and oxygen atoms in total. The molecule has 0 heterocycles. The molecule has 6 heteroatoms. The maximum absolute atomic E-state index is 11.5. The Morgan fingerprint density at radius 3 is 2.41 bits per heavy atom. The quantitative estimate of drug-likeness (QED) is 0.548. The molecular weight excluding hydrogens is 224 g/mol. The average Bonchev–Trinajstić information content (AvgIpc) is 2.22. The summed E-state index contributed by atoms with van der Waals surface area (Å²) in [5.41, 5.74) is 5.62. The summed E-state index contributed by atoms with van der Waals surface area (Å²) >= 11 is 0. The fourth-order valence-electron chi connectivity index (χ4n) is 1.32. The molecule has 0 unspecified atom stereocenters. The lowest BCUT2D eigenvalue weighted by atomic mass is 10.0. The lowest BCUT2D eigenvalue weighted by molar-refractivity contribution is -0.137. The molecule has 0 fully saturated rings. The van der Waals surface area contributed by atoms with Gasteiger partial charge in [0.1, 0.15) is 0 Å². The number of carboxylic acids is 1. The van der Waals surface area contributed by atoms with Gasteiger partial charge in [0.2, 0.25) is 12.2 Å². The van der Waals surface area contributed by atoms with Crippen LogP contribution >= 0.6 is 0 Å². The minimum atomic E-state index is -1.02. The van der Waals surface area contributed by atoms with Crippen LogP contribution in [0.2, 0.25) is 0 Å². The van der Waals surface area contributed by atoms with E-state index in [1.807, 2.05) is 13.8 Å². The maximum atomic E-state index is 11.5. The maximum Gasteiger partial charge on any atom is 0.303 e. The van der Waals surface area contributed by atoms with Gasteiger partial charge in [-0.2, -0.15) is 0 Å². The number of carbonyl (C=O) groups is 2. The number of hydrogen-bond donors (Lipinski definition) is 3. The third-order valence-corrected chi connectivity index (χ3v) is 2.17. The highest BCUT2D eigenvalue weighted by molar-refractivity contribution is 5.84. The van der Waals surface area contributed by atoms with Crippen LogP contribution in [-0.2, 0) is 14.4 Å². The molecule has 0 spiro atoms. The van der Waals surface area contributed by atoms with E-state index in [-0.39, 0.29) is 18.8 Å².